The maximum absolute atomic E-state index is 4.24. The van der Waals surface area contributed by atoms with Gasteiger partial charge in [0.15, 0.2) is 0 Å². The first-order valence-corrected chi connectivity index (χ1v) is 1.54. The van der Waals surface area contributed by atoms with E-state index in [-0.39, 0.29) is 37.7 Å². The summed E-state index contributed by atoms with van der Waals surface area (Å²) in [6.45, 7) is 2.57. The second-order valence-corrected chi connectivity index (χ2v) is 0.676. The number of hydrogen-bond acceptors (Lipinski definition) is 1. The fourth-order valence-electron chi connectivity index (χ4n) is 0. The van der Waals surface area contributed by atoms with E-state index in [1.807, 2.05) is 6.92 Å². The van der Waals surface area contributed by atoms with E-state index in [0.29, 0.717) is 6.61 Å². The predicted octanol–water partition coefficient (Wildman–Crippen LogP) is -4.64. The third-order valence-electron chi connectivity index (χ3n) is 0.129. The van der Waals surface area contributed by atoms with Crippen LogP contribution in [0, 0.1) is 0 Å². The van der Waals surface area contributed by atoms with E-state index in [4.69, 9.17) is 0 Å². The van der Waals surface area contributed by atoms with E-state index in [1.54, 1.807) is 0 Å². The molecular weight excluding hydrogens is 84.9 g/mol. The quantitative estimate of drug-likeness (QED) is 0.232. The van der Waals surface area contributed by atoms with E-state index in [2.05, 4.69) is 14.0 Å². The van der Waals surface area contributed by atoms with Crippen LogP contribution in [-0.2, 0) is 4.52 Å². The van der Waals surface area contributed by atoms with Crippen LogP contribution in [0.2, 0.25) is 0 Å². The summed E-state index contributed by atoms with van der Waals surface area (Å²) in [7, 11) is 3.42. The minimum Gasteiger partial charge on any atom is -1.32 e. The predicted molar refractivity (Wildman–Crippen MR) is 18.5 cm³/mol. The smallest absolute Gasteiger partial charge is 1.00 e. The zero-order chi connectivity index (χ0) is 3.41. The summed E-state index contributed by atoms with van der Waals surface area (Å²) in [4.78, 5) is 0. The molecule has 0 aromatic carbocycles. The Morgan fingerprint density at radius 3 is 1.67 bits per heavy atom. The summed E-state index contributed by atoms with van der Waals surface area (Å²) in [5.74, 6) is 0. The Hall–Kier alpha value is 1.58. The van der Waals surface area contributed by atoms with Crippen molar-refractivity contribution in [3.8, 4) is 0 Å². The Morgan fingerprint density at radius 1 is 1.50 bits per heavy atom. The van der Waals surface area contributed by atoms with Gasteiger partial charge in [-0.2, -0.15) is 0 Å². The maximum atomic E-state index is 4.24. The van der Waals surface area contributed by atoms with E-state index in [0.717, 1.165) is 0 Å². The second-order valence-electron chi connectivity index (χ2n) is 0.418. The molecule has 0 saturated heterocycles. The Kier molecular flexibility index (Phi) is 41.7. The zero-order valence-electron chi connectivity index (χ0n) is 4.56. The molecule has 0 atom stereocenters. The Bertz CT molecular complexity index is 13.5. The van der Waals surface area contributed by atoms with Gasteiger partial charge in [0.25, 0.3) is 0 Å². The normalized spacial score (nSPS) is 5.00. The van der Waals surface area contributed by atoms with E-state index < -0.39 is 0 Å². The summed E-state index contributed by atoms with van der Waals surface area (Å²) >= 11 is 0. The van der Waals surface area contributed by atoms with Gasteiger partial charge in [0.05, 0.1) is 0 Å². The van der Waals surface area contributed by atoms with Crippen molar-refractivity contribution in [1.29, 1.82) is 0 Å². The largest absolute Gasteiger partial charge is 1.32 e. The van der Waals surface area contributed by atoms with Crippen molar-refractivity contribution in [3.05, 3.63) is 0 Å². The third kappa shape index (κ3) is 17.6. The van der Waals surface area contributed by atoms with Crippen LogP contribution in [0.4, 0.5) is 0 Å². The maximum Gasteiger partial charge on any atom is 1.00 e. The van der Waals surface area contributed by atoms with Crippen LogP contribution in [0.25, 0.3) is 0 Å². The summed E-state index contributed by atoms with van der Waals surface area (Å²) in [6, 6.07) is 0. The Labute approximate surface area is 65.2 Å². The molecule has 26 valence electrons. The molecule has 0 aromatic rings. The zero-order valence-corrected chi connectivity index (χ0v) is 5.46. The molecule has 0 unspecified atom stereocenters. The second kappa shape index (κ2) is 16.0. The van der Waals surface area contributed by atoms with Gasteiger partial charge < -0.3 is 14.0 Å². The third-order valence-corrected chi connectivity index (χ3v) is 0.387. The van der Waals surface area contributed by atoms with Crippen LogP contribution in [0.15, 0.2) is 0 Å². The van der Waals surface area contributed by atoms with Gasteiger partial charge in [-0.1, -0.05) is 0 Å². The molecular formula is C2H5Li2OP. The Morgan fingerprint density at radius 2 is 1.67 bits per heavy atom. The van der Waals surface area contributed by atoms with Crippen LogP contribution < -0.4 is 37.7 Å². The van der Waals surface area contributed by atoms with Crippen molar-refractivity contribution in [2.45, 2.75) is 6.92 Å². The number of rotatable bonds is 1. The minimum absolute atomic E-state index is 0. The molecule has 0 aliphatic rings. The van der Waals surface area contributed by atoms with Crippen LogP contribution in [0.3, 0.4) is 0 Å². The molecule has 0 aliphatic heterocycles. The van der Waals surface area contributed by atoms with Crippen molar-refractivity contribution in [2.24, 2.45) is 0 Å². The monoisotopic (exact) mass is 90.0 g/mol. The molecule has 0 bridgehead atoms. The van der Waals surface area contributed by atoms with E-state index in [9.17, 15) is 0 Å². The van der Waals surface area contributed by atoms with E-state index in [1.165, 1.54) is 0 Å². The van der Waals surface area contributed by atoms with Crippen LogP contribution in [0.1, 0.15) is 6.92 Å². The average Bonchev–Trinajstić information content (AvgIpc) is 1.37. The molecule has 0 radical (unpaired) electrons. The van der Waals surface area contributed by atoms with Crippen molar-refractivity contribution in [2.75, 3.05) is 6.61 Å². The molecule has 6 heavy (non-hydrogen) atoms. The summed E-state index contributed by atoms with van der Waals surface area (Å²) in [5.41, 5.74) is 0. The van der Waals surface area contributed by atoms with Gasteiger partial charge in [-0.3, -0.25) is 0 Å². The Balaban J connectivity index is -0.0000000450. The van der Waals surface area contributed by atoms with Crippen molar-refractivity contribution >= 4 is 9.47 Å². The first-order chi connectivity index (χ1) is 1.91. The summed E-state index contributed by atoms with van der Waals surface area (Å²) in [6.07, 6.45) is 0. The van der Waals surface area contributed by atoms with Crippen LogP contribution >= 0.6 is 9.47 Å². The molecule has 0 aliphatic carbocycles. The van der Waals surface area contributed by atoms with E-state index >= 15 is 0 Å². The molecule has 4 heteroatoms. The van der Waals surface area contributed by atoms with Gasteiger partial charge in [0, 0.05) is 0 Å². The molecule has 0 aromatic heterocycles. The first kappa shape index (κ1) is 15.6. The minimum atomic E-state index is 0. The molecule has 0 heterocycles. The van der Waals surface area contributed by atoms with Crippen molar-refractivity contribution in [3.63, 3.8) is 0 Å². The van der Waals surface area contributed by atoms with Gasteiger partial charge >= 0.3 is 37.7 Å². The SMILES string of the molecule is CCO[P-2].[Li+].[Li+]. The fourth-order valence-corrected chi connectivity index (χ4v) is 0. The molecule has 0 saturated carbocycles. The van der Waals surface area contributed by atoms with Gasteiger partial charge in [-0.15, -0.1) is 0 Å². The molecule has 0 rings (SSSR count). The first-order valence-electron chi connectivity index (χ1n) is 1.18. The summed E-state index contributed by atoms with van der Waals surface area (Å²) in [5, 5.41) is 0. The topological polar surface area (TPSA) is 9.23 Å². The fraction of sp³-hybridized carbons (Fsp3) is 1.00. The van der Waals surface area contributed by atoms with Crippen LogP contribution in [-0.4, -0.2) is 6.61 Å². The average molecular weight is 89.9 g/mol. The van der Waals surface area contributed by atoms with Crippen molar-refractivity contribution < 1.29 is 42.2 Å². The van der Waals surface area contributed by atoms with Gasteiger partial charge in [-0.25, -0.2) is 0 Å². The molecule has 0 spiro atoms. The molecule has 0 amide bonds. The van der Waals surface area contributed by atoms with Crippen molar-refractivity contribution in [1.82, 2.24) is 0 Å². The van der Waals surface area contributed by atoms with Crippen LogP contribution in [0.5, 0.6) is 0 Å². The molecule has 0 fully saturated rings. The summed E-state index contributed by atoms with van der Waals surface area (Å²) < 4.78 is 4.24. The molecule has 1 nitrogen and oxygen atoms in total. The van der Waals surface area contributed by atoms with Gasteiger partial charge in [-0.05, 0) is 13.5 Å². The molecule has 0 N–H and O–H groups in total. The van der Waals surface area contributed by atoms with Gasteiger partial charge in [0.1, 0.15) is 0 Å². The van der Waals surface area contributed by atoms with Gasteiger partial charge in [0.2, 0.25) is 0 Å². The standard InChI is InChI=1S/C2H5OP.2Li/c1-2-3-4;;/h2H2,1H3;;/q-2;2*+1. The number of hydrogen-bond donors (Lipinski definition) is 0.